The molecule has 3 heterocycles. The molecule has 0 saturated carbocycles. The molecule has 0 aliphatic carbocycles. The maximum atomic E-state index is 13.1. The molecule has 2 aliphatic rings. The van der Waals surface area contributed by atoms with E-state index in [0.29, 0.717) is 13.1 Å². The number of ether oxygens (including phenoxy) is 1. The Hall–Kier alpha value is -3.09. The van der Waals surface area contributed by atoms with Crippen molar-refractivity contribution >= 4 is 22.9 Å². The van der Waals surface area contributed by atoms with Crippen LogP contribution in [-0.4, -0.2) is 78.5 Å². The van der Waals surface area contributed by atoms with Gasteiger partial charge < -0.3 is 14.6 Å². The predicted octanol–water partition coefficient (Wildman–Crippen LogP) is 3.39. The molecule has 172 valence electrons. The summed E-state index contributed by atoms with van der Waals surface area (Å²) in [5, 5.41) is 1.17. The number of nitrogens with one attached hydrogen (secondary N) is 1. The van der Waals surface area contributed by atoms with Crippen LogP contribution in [0.5, 0.6) is 5.75 Å². The summed E-state index contributed by atoms with van der Waals surface area (Å²) in [5.41, 5.74) is 4.84. The smallest absolute Gasteiger partial charge is 0.237 e. The van der Waals surface area contributed by atoms with Crippen molar-refractivity contribution in [1.82, 2.24) is 19.7 Å². The van der Waals surface area contributed by atoms with Crippen molar-refractivity contribution in [2.45, 2.75) is 13.0 Å². The van der Waals surface area contributed by atoms with E-state index in [4.69, 9.17) is 4.74 Å². The molecule has 0 atom stereocenters. The highest BCUT2D eigenvalue weighted by molar-refractivity contribution is 5.87. The predicted molar refractivity (Wildman–Crippen MR) is 132 cm³/mol. The third kappa shape index (κ3) is 4.97. The van der Waals surface area contributed by atoms with Crippen molar-refractivity contribution in [3.8, 4) is 5.75 Å². The summed E-state index contributed by atoms with van der Waals surface area (Å²) < 4.78 is 5.40. The second-order valence-electron chi connectivity index (χ2n) is 8.95. The van der Waals surface area contributed by atoms with Crippen molar-refractivity contribution < 1.29 is 9.53 Å². The monoisotopic (exact) mass is 444 g/mol. The summed E-state index contributed by atoms with van der Waals surface area (Å²) >= 11 is 0. The second-order valence-corrected chi connectivity index (χ2v) is 8.95. The number of aromatic amines is 1. The number of rotatable bonds is 6. The molecule has 2 aromatic carbocycles. The van der Waals surface area contributed by atoms with Gasteiger partial charge in [-0.1, -0.05) is 42.5 Å². The number of fused-ring (bicyclic) bond motifs is 3. The zero-order valence-corrected chi connectivity index (χ0v) is 19.3. The fourth-order valence-electron chi connectivity index (χ4n) is 4.86. The van der Waals surface area contributed by atoms with E-state index in [9.17, 15) is 4.79 Å². The number of aromatic nitrogens is 1. The van der Waals surface area contributed by atoms with Gasteiger partial charge in [0.2, 0.25) is 5.91 Å². The average molecular weight is 445 g/mol. The number of benzene rings is 2. The number of hydrogen-bond donors (Lipinski definition) is 1. The highest BCUT2D eigenvalue weighted by Crippen LogP contribution is 2.30. The summed E-state index contributed by atoms with van der Waals surface area (Å²) in [5.74, 6) is 1.08. The Morgan fingerprint density at radius 2 is 1.82 bits per heavy atom. The van der Waals surface area contributed by atoms with Gasteiger partial charge in [-0.2, -0.15) is 0 Å². The maximum absolute atomic E-state index is 13.1. The van der Waals surface area contributed by atoms with Crippen molar-refractivity contribution in [2.75, 3.05) is 52.9 Å². The lowest BCUT2D eigenvalue weighted by Crippen LogP contribution is -2.50. The molecule has 33 heavy (non-hydrogen) atoms. The molecule has 0 bridgehead atoms. The van der Waals surface area contributed by atoms with E-state index >= 15 is 0 Å². The molecule has 6 nitrogen and oxygen atoms in total. The summed E-state index contributed by atoms with van der Waals surface area (Å²) in [6.07, 6.45) is 5.29. The van der Waals surface area contributed by atoms with Gasteiger partial charge in [-0.25, -0.2) is 0 Å². The first kappa shape index (κ1) is 21.7. The number of methoxy groups -OCH3 is 1. The molecule has 6 heteroatoms. The van der Waals surface area contributed by atoms with Crippen molar-refractivity contribution in [2.24, 2.45) is 0 Å². The van der Waals surface area contributed by atoms with E-state index in [2.05, 4.69) is 63.3 Å². The number of carbonyl (C=O) groups is 1. The van der Waals surface area contributed by atoms with Crippen molar-refractivity contribution in [3.05, 3.63) is 71.4 Å². The lowest BCUT2D eigenvalue weighted by molar-refractivity contribution is -0.133. The third-order valence-corrected chi connectivity index (χ3v) is 6.83. The second kappa shape index (κ2) is 9.81. The van der Waals surface area contributed by atoms with Gasteiger partial charge in [-0.15, -0.1) is 0 Å². The highest BCUT2D eigenvalue weighted by Gasteiger charge is 2.26. The molecular weight excluding hydrogens is 412 g/mol. The summed E-state index contributed by atoms with van der Waals surface area (Å²) in [6.45, 7) is 6.79. The third-order valence-electron chi connectivity index (χ3n) is 6.83. The van der Waals surface area contributed by atoms with Crippen LogP contribution in [0.15, 0.2) is 54.6 Å². The number of hydrogen-bond acceptors (Lipinski definition) is 4. The Balaban J connectivity index is 1.13. The largest absolute Gasteiger partial charge is 0.497 e. The fourth-order valence-corrected chi connectivity index (χ4v) is 4.86. The Morgan fingerprint density at radius 3 is 2.61 bits per heavy atom. The maximum Gasteiger partial charge on any atom is 0.237 e. The Labute approximate surface area is 195 Å². The standard InChI is InChI=1S/C27H32N4O2/c1-33-22-9-10-25-23(18-22)24-19-31(13-11-26(24)28-25)27(32)20-30-16-14-29(15-17-30)12-5-8-21-6-3-2-4-7-21/h2-10,18,28H,11-17,19-20H2,1H3. The highest BCUT2D eigenvalue weighted by atomic mass is 16.5. The van der Waals surface area contributed by atoms with Crippen LogP contribution in [0, 0.1) is 0 Å². The van der Waals surface area contributed by atoms with Crippen LogP contribution in [-0.2, 0) is 17.8 Å². The number of amides is 1. The van der Waals surface area contributed by atoms with Gasteiger partial charge in [0.1, 0.15) is 5.75 Å². The normalized spacial score (nSPS) is 17.5. The molecule has 0 spiro atoms. The van der Waals surface area contributed by atoms with Crippen LogP contribution in [0.4, 0.5) is 0 Å². The van der Waals surface area contributed by atoms with Crippen molar-refractivity contribution in [1.29, 1.82) is 0 Å². The van der Waals surface area contributed by atoms with Gasteiger partial charge in [-0.05, 0) is 23.8 Å². The summed E-state index contributed by atoms with van der Waals surface area (Å²) in [4.78, 5) is 23.4. The Morgan fingerprint density at radius 1 is 1.03 bits per heavy atom. The first-order valence-corrected chi connectivity index (χ1v) is 11.8. The fraction of sp³-hybridized carbons (Fsp3) is 0.370. The number of nitrogens with zero attached hydrogens (tertiary/aromatic N) is 3. The van der Waals surface area contributed by atoms with E-state index < -0.39 is 0 Å². The molecule has 0 radical (unpaired) electrons. The van der Waals surface area contributed by atoms with E-state index in [1.165, 1.54) is 22.2 Å². The molecule has 1 fully saturated rings. The zero-order chi connectivity index (χ0) is 22.6. The molecule has 1 aromatic heterocycles. The van der Waals surface area contributed by atoms with Crippen LogP contribution >= 0.6 is 0 Å². The number of H-pyrrole nitrogens is 1. The van der Waals surface area contributed by atoms with E-state index in [0.717, 1.165) is 57.0 Å². The molecule has 0 unspecified atom stereocenters. The molecular formula is C27H32N4O2. The zero-order valence-electron chi connectivity index (χ0n) is 19.3. The van der Waals surface area contributed by atoms with Gasteiger partial charge in [0.15, 0.2) is 0 Å². The van der Waals surface area contributed by atoms with Crippen LogP contribution in [0.25, 0.3) is 17.0 Å². The van der Waals surface area contributed by atoms with E-state index in [1.54, 1.807) is 7.11 Å². The van der Waals surface area contributed by atoms with Gasteiger partial charge in [0.05, 0.1) is 13.7 Å². The van der Waals surface area contributed by atoms with Crippen LogP contribution in [0.3, 0.4) is 0 Å². The van der Waals surface area contributed by atoms with Crippen LogP contribution in [0.1, 0.15) is 16.8 Å². The molecule has 1 saturated heterocycles. The number of carbonyl (C=O) groups excluding carboxylic acids is 1. The first-order valence-electron chi connectivity index (χ1n) is 11.8. The number of piperazine rings is 1. The van der Waals surface area contributed by atoms with Gasteiger partial charge >= 0.3 is 0 Å². The lowest BCUT2D eigenvalue weighted by Gasteiger charge is -2.35. The summed E-state index contributed by atoms with van der Waals surface area (Å²) in [7, 11) is 1.69. The van der Waals surface area contributed by atoms with Gasteiger partial charge in [0, 0.05) is 74.4 Å². The molecule has 1 amide bonds. The first-order chi connectivity index (χ1) is 16.2. The summed E-state index contributed by atoms with van der Waals surface area (Å²) in [6, 6.07) is 16.5. The minimum Gasteiger partial charge on any atom is -0.497 e. The molecule has 3 aromatic rings. The molecule has 5 rings (SSSR count). The van der Waals surface area contributed by atoms with Gasteiger partial charge in [0.25, 0.3) is 0 Å². The minimum absolute atomic E-state index is 0.232. The van der Waals surface area contributed by atoms with Crippen LogP contribution in [0.2, 0.25) is 0 Å². The van der Waals surface area contributed by atoms with E-state index in [1.807, 2.05) is 17.0 Å². The van der Waals surface area contributed by atoms with Crippen molar-refractivity contribution in [3.63, 3.8) is 0 Å². The Bertz CT molecular complexity index is 1130. The minimum atomic E-state index is 0.232. The topological polar surface area (TPSA) is 51.8 Å². The lowest BCUT2D eigenvalue weighted by atomic mass is 10.0. The molecule has 1 N–H and O–H groups in total. The van der Waals surface area contributed by atoms with Gasteiger partial charge in [-0.3, -0.25) is 14.6 Å². The average Bonchev–Trinajstić information content (AvgIpc) is 3.23. The quantitative estimate of drug-likeness (QED) is 0.633. The van der Waals surface area contributed by atoms with Crippen LogP contribution < -0.4 is 4.74 Å². The van der Waals surface area contributed by atoms with E-state index in [-0.39, 0.29) is 5.91 Å². The Kier molecular flexibility index (Phi) is 6.46. The SMILES string of the molecule is COc1ccc2[nH]c3c(c2c1)CN(C(=O)CN1CCN(CC=Cc2ccccc2)CC1)CC3. The molecule has 2 aliphatic heterocycles.